The van der Waals surface area contributed by atoms with Gasteiger partial charge >= 0.3 is 0 Å². The van der Waals surface area contributed by atoms with Gasteiger partial charge in [0.2, 0.25) is 10.0 Å². The van der Waals surface area contributed by atoms with Crippen LogP contribution in [0.25, 0.3) is 5.69 Å². The molecule has 0 fully saturated rings. The molecule has 0 atom stereocenters. The number of carbonyl (C=O) groups is 1. The maximum atomic E-state index is 12.3. The van der Waals surface area contributed by atoms with Gasteiger partial charge < -0.3 is 5.32 Å². The Labute approximate surface area is 144 Å². The molecular weight excluding hydrogens is 342 g/mol. The molecule has 0 bridgehead atoms. The van der Waals surface area contributed by atoms with Crippen LogP contribution in [0.15, 0.2) is 60.0 Å². The molecule has 0 radical (unpaired) electrons. The van der Waals surface area contributed by atoms with Crippen molar-refractivity contribution in [2.45, 2.75) is 11.8 Å². The SMILES string of the molecule is Cc1ccc(NC(=O)c2ccc(-n3cncn3)cc2)cc1S(N)(=O)=O. The van der Waals surface area contributed by atoms with E-state index in [-0.39, 0.29) is 10.8 Å². The molecule has 9 heteroatoms. The molecule has 2 aromatic carbocycles. The predicted octanol–water partition coefficient (Wildman–Crippen LogP) is 1.48. The Morgan fingerprint density at radius 2 is 1.88 bits per heavy atom. The number of carbonyl (C=O) groups excluding carboxylic acids is 1. The molecule has 0 aliphatic carbocycles. The van der Waals surface area contributed by atoms with E-state index in [1.165, 1.54) is 12.4 Å². The van der Waals surface area contributed by atoms with E-state index in [1.807, 2.05) is 0 Å². The Morgan fingerprint density at radius 3 is 2.48 bits per heavy atom. The molecule has 3 rings (SSSR count). The molecule has 1 heterocycles. The topological polar surface area (TPSA) is 120 Å². The van der Waals surface area contributed by atoms with Crippen LogP contribution >= 0.6 is 0 Å². The first-order valence-corrected chi connectivity index (χ1v) is 8.79. The van der Waals surface area contributed by atoms with E-state index >= 15 is 0 Å². The third-order valence-corrected chi connectivity index (χ3v) is 4.62. The summed E-state index contributed by atoms with van der Waals surface area (Å²) >= 11 is 0. The Hall–Kier alpha value is -3.04. The van der Waals surface area contributed by atoms with Crippen LogP contribution in [0.3, 0.4) is 0 Å². The van der Waals surface area contributed by atoms with E-state index in [0.717, 1.165) is 5.69 Å². The summed E-state index contributed by atoms with van der Waals surface area (Å²) in [6.07, 6.45) is 2.97. The van der Waals surface area contributed by atoms with E-state index in [9.17, 15) is 13.2 Å². The summed E-state index contributed by atoms with van der Waals surface area (Å²) in [5.74, 6) is -0.366. The molecular formula is C16H15N5O3S. The largest absolute Gasteiger partial charge is 0.322 e. The number of primary sulfonamides is 1. The molecule has 1 aromatic heterocycles. The van der Waals surface area contributed by atoms with Crippen LogP contribution in [0.2, 0.25) is 0 Å². The number of amides is 1. The molecule has 1 amide bonds. The van der Waals surface area contributed by atoms with Gasteiger partial charge in [0.15, 0.2) is 0 Å². The van der Waals surface area contributed by atoms with Crippen LogP contribution in [0.1, 0.15) is 15.9 Å². The van der Waals surface area contributed by atoms with Gasteiger partial charge in [0, 0.05) is 11.3 Å². The molecule has 25 heavy (non-hydrogen) atoms. The molecule has 0 aliphatic rings. The molecule has 0 saturated carbocycles. The van der Waals surface area contributed by atoms with Crippen molar-refractivity contribution < 1.29 is 13.2 Å². The van der Waals surface area contributed by atoms with Gasteiger partial charge in [-0.25, -0.2) is 23.2 Å². The quantitative estimate of drug-likeness (QED) is 0.733. The van der Waals surface area contributed by atoms with Crippen LogP contribution in [-0.4, -0.2) is 29.1 Å². The summed E-state index contributed by atoms with van der Waals surface area (Å²) in [6, 6.07) is 11.3. The fraction of sp³-hybridized carbons (Fsp3) is 0.0625. The van der Waals surface area contributed by atoms with Gasteiger partial charge in [-0.2, -0.15) is 5.10 Å². The van der Waals surface area contributed by atoms with Crippen LogP contribution in [0.5, 0.6) is 0 Å². The molecule has 3 N–H and O–H groups in total. The van der Waals surface area contributed by atoms with Crippen molar-refractivity contribution >= 4 is 21.6 Å². The number of nitrogens with one attached hydrogen (secondary N) is 1. The molecule has 0 unspecified atom stereocenters. The minimum atomic E-state index is -3.85. The Kier molecular flexibility index (Phi) is 4.34. The lowest BCUT2D eigenvalue weighted by Gasteiger charge is -2.09. The lowest BCUT2D eigenvalue weighted by Crippen LogP contribution is -2.16. The number of hydrogen-bond acceptors (Lipinski definition) is 5. The number of anilines is 1. The van der Waals surface area contributed by atoms with Gasteiger partial charge in [-0.15, -0.1) is 0 Å². The standard InChI is InChI=1S/C16H15N5O3S/c1-11-2-5-13(8-15(11)25(17,23)24)20-16(22)12-3-6-14(7-4-12)21-10-18-9-19-21/h2-10H,1H3,(H,20,22)(H2,17,23,24). The highest BCUT2D eigenvalue weighted by atomic mass is 32.2. The molecule has 8 nitrogen and oxygen atoms in total. The summed E-state index contributed by atoms with van der Waals surface area (Å²) in [7, 11) is -3.85. The van der Waals surface area contributed by atoms with Gasteiger partial charge in [0.25, 0.3) is 5.91 Å². The number of rotatable bonds is 4. The number of nitrogens with zero attached hydrogens (tertiary/aromatic N) is 3. The summed E-state index contributed by atoms with van der Waals surface area (Å²) in [5.41, 5.74) is 2.04. The third-order valence-electron chi connectivity index (χ3n) is 3.57. The molecule has 3 aromatic rings. The van der Waals surface area contributed by atoms with Crippen molar-refractivity contribution in [2.75, 3.05) is 5.32 Å². The fourth-order valence-corrected chi connectivity index (χ4v) is 3.10. The van der Waals surface area contributed by atoms with Crippen LogP contribution in [0, 0.1) is 6.92 Å². The Bertz CT molecular complexity index is 1010. The zero-order valence-electron chi connectivity index (χ0n) is 13.2. The Balaban J connectivity index is 1.81. The molecule has 0 aliphatic heterocycles. The molecule has 128 valence electrons. The van der Waals surface area contributed by atoms with Gasteiger partial charge in [-0.1, -0.05) is 6.07 Å². The maximum absolute atomic E-state index is 12.3. The number of benzene rings is 2. The zero-order valence-corrected chi connectivity index (χ0v) is 14.1. The first-order chi connectivity index (χ1) is 11.8. The summed E-state index contributed by atoms with van der Waals surface area (Å²) < 4.78 is 24.7. The zero-order chi connectivity index (χ0) is 18.0. The smallest absolute Gasteiger partial charge is 0.255 e. The van der Waals surface area contributed by atoms with Crippen molar-refractivity contribution in [2.24, 2.45) is 5.14 Å². The van der Waals surface area contributed by atoms with E-state index < -0.39 is 10.0 Å². The molecule has 0 spiro atoms. The monoisotopic (exact) mass is 357 g/mol. The van der Waals surface area contributed by atoms with E-state index in [2.05, 4.69) is 15.4 Å². The average molecular weight is 357 g/mol. The second-order valence-corrected chi connectivity index (χ2v) is 6.90. The normalized spacial score (nSPS) is 11.3. The summed E-state index contributed by atoms with van der Waals surface area (Å²) in [6.45, 7) is 1.63. The maximum Gasteiger partial charge on any atom is 0.255 e. The minimum Gasteiger partial charge on any atom is -0.322 e. The lowest BCUT2D eigenvalue weighted by atomic mass is 10.1. The first kappa shape index (κ1) is 16.8. The highest BCUT2D eigenvalue weighted by Crippen LogP contribution is 2.20. The van der Waals surface area contributed by atoms with E-state index in [4.69, 9.17) is 5.14 Å². The van der Waals surface area contributed by atoms with Gasteiger partial charge in [0.05, 0.1) is 10.6 Å². The Morgan fingerprint density at radius 1 is 1.16 bits per heavy atom. The van der Waals surface area contributed by atoms with Crippen molar-refractivity contribution in [1.29, 1.82) is 0 Å². The van der Waals surface area contributed by atoms with E-state index in [0.29, 0.717) is 16.8 Å². The van der Waals surface area contributed by atoms with Gasteiger partial charge in [-0.05, 0) is 48.9 Å². The number of aryl methyl sites for hydroxylation is 1. The first-order valence-electron chi connectivity index (χ1n) is 7.24. The van der Waals surface area contributed by atoms with E-state index in [1.54, 1.807) is 54.3 Å². The van der Waals surface area contributed by atoms with Crippen molar-refractivity contribution in [1.82, 2.24) is 14.8 Å². The number of nitrogens with two attached hydrogens (primary N) is 1. The van der Waals surface area contributed by atoms with Gasteiger partial charge in [-0.3, -0.25) is 4.79 Å². The average Bonchev–Trinajstić information content (AvgIpc) is 3.10. The summed E-state index contributed by atoms with van der Waals surface area (Å²) in [5, 5.41) is 11.8. The second kappa shape index (κ2) is 6.46. The van der Waals surface area contributed by atoms with Crippen LogP contribution in [-0.2, 0) is 10.0 Å². The summed E-state index contributed by atoms with van der Waals surface area (Å²) in [4.78, 5) is 16.2. The second-order valence-electron chi connectivity index (χ2n) is 5.37. The van der Waals surface area contributed by atoms with Crippen molar-refractivity contribution in [3.63, 3.8) is 0 Å². The minimum absolute atomic E-state index is 0.0215. The van der Waals surface area contributed by atoms with Crippen molar-refractivity contribution in [3.8, 4) is 5.69 Å². The lowest BCUT2D eigenvalue weighted by molar-refractivity contribution is 0.102. The number of aromatic nitrogens is 3. The molecule has 0 saturated heterocycles. The third kappa shape index (κ3) is 3.73. The van der Waals surface area contributed by atoms with Gasteiger partial charge in [0.1, 0.15) is 12.7 Å². The predicted molar refractivity (Wildman–Crippen MR) is 91.9 cm³/mol. The number of hydrogen-bond donors (Lipinski definition) is 2. The number of sulfonamides is 1. The highest BCUT2D eigenvalue weighted by molar-refractivity contribution is 7.89. The fourth-order valence-electron chi connectivity index (χ4n) is 2.29. The van der Waals surface area contributed by atoms with Crippen LogP contribution < -0.4 is 10.5 Å². The van der Waals surface area contributed by atoms with Crippen LogP contribution in [0.4, 0.5) is 5.69 Å². The van der Waals surface area contributed by atoms with Crippen molar-refractivity contribution in [3.05, 3.63) is 66.2 Å². The highest BCUT2D eigenvalue weighted by Gasteiger charge is 2.14.